The zero-order valence-corrected chi connectivity index (χ0v) is 21.4. The molecule has 37 heavy (non-hydrogen) atoms. The molecule has 0 saturated carbocycles. The molecule has 0 atom stereocenters. The largest absolute Gasteiger partial charge is 0.492 e. The van der Waals surface area contributed by atoms with E-state index in [1.54, 1.807) is 24.3 Å². The third kappa shape index (κ3) is 6.98. The summed E-state index contributed by atoms with van der Waals surface area (Å²) in [6.07, 6.45) is 0.849. The van der Waals surface area contributed by atoms with Crippen LogP contribution in [0.3, 0.4) is 0 Å². The lowest BCUT2D eigenvalue weighted by atomic mass is 10.1. The van der Waals surface area contributed by atoms with E-state index in [0.717, 1.165) is 32.8 Å². The fraction of sp³-hybridized carbons (Fsp3) is 0.320. The number of nitrogen functional groups attached to an aromatic ring is 1. The Labute approximate surface area is 223 Å². The van der Waals surface area contributed by atoms with Crippen LogP contribution in [-0.4, -0.2) is 67.6 Å². The molecule has 2 heterocycles. The average molecular weight is 550 g/mol. The molecule has 0 spiro atoms. The summed E-state index contributed by atoms with van der Waals surface area (Å²) in [5.74, 6) is 0.578. The summed E-state index contributed by atoms with van der Waals surface area (Å²) in [7, 11) is 0. The summed E-state index contributed by atoms with van der Waals surface area (Å²) in [5, 5.41) is 8.19. The third-order valence-corrected chi connectivity index (χ3v) is 6.53. The highest BCUT2D eigenvalue weighted by Crippen LogP contribution is 2.30. The van der Waals surface area contributed by atoms with Gasteiger partial charge in [-0.25, -0.2) is 4.39 Å². The lowest BCUT2D eigenvalue weighted by Gasteiger charge is -2.26. The summed E-state index contributed by atoms with van der Waals surface area (Å²) >= 11 is 12.1. The molecule has 1 aliphatic rings. The molecule has 0 bridgehead atoms. The zero-order chi connectivity index (χ0) is 26.2. The van der Waals surface area contributed by atoms with E-state index < -0.39 is 5.82 Å². The molecule has 9 nitrogen and oxygen atoms in total. The molecule has 12 heteroatoms. The number of anilines is 3. The second-order valence-corrected chi connectivity index (χ2v) is 8.93. The van der Waals surface area contributed by atoms with Crippen molar-refractivity contribution in [3.63, 3.8) is 0 Å². The first-order valence-electron chi connectivity index (χ1n) is 11.6. The van der Waals surface area contributed by atoms with E-state index in [9.17, 15) is 9.18 Å². The first kappa shape index (κ1) is 26.9. The van der Waals surface area contributed by atoms with Crippen molar-refractivity contribution >= 4 is 46.9 Å². The van der Waals surface area contributed by atoms with Crippen molar-refractivity contribution in [2.45, 2.75) is 6.42 Å². The fourth-order valence-electron chi connectivity index (χ4n) is 3.74. The number of aromatic nitrogens is 2. The van der Waals surface area contributed by atoms with E-state index >= 15 is 0 Å². The first-order valence-corrected chi connectivity index (χ1v) is 12.4. The Morgan fingerprint density at radius 2 is 1.84 bits per heavy atom. The molecule has 2 N–H and O–H groups in total. The minimum absolute atomic E-state index is 0.0371. The van der Waals surface area contributed by atoms with Gasteiger partial charge >= 0.3 is 0 Å². The number of rotatable bonds is 11. The van der Waals surface area contributed by atoms with Crippen molar-refractivity contribution in [3.8, 4) is 11.5 Å². The maximum Gasteiger partial charge on any atom is 0.219 e. The van der Waals surface area contributed by atoms with Crippen LogP contribution in [0.25, 0.3) is 0 Å². The second-order valence-electron chi connectivity index (χ2n) is 8.14. The van der Waals surface area contributed by atoms with Gasteiger partial charge in [0.1, 0.15) is 18.2 Å². The molecule has 1 amide bonds. The highest BCUT2D eigenvalue weighted by Gasteiger charge is 2.16. The van der Waals surface area contributed by atoms with Gasteiger partial charge in [-0.2, -0.15) is 0 Å². The van der Waals surface area contributed by atoms with Crippen LogP contribution in [0.15, 0.2) is 42.5 Å². The lowest BCUT2D eigenvalue weighted by molar-refractivity contribution is -0.106. The van der Waals surface area contributed by atoms with Gasteiger partial charge in [-0.15, -0.1) is 10.2 Å². The molecule has 1 fully saturated rings. The van der Waals surface area contributed by atoms with E-state index in [2.05, 4.69) is 15.1 Å². The zero-order valence-electron chi connectivity index (χ0n) is 19.9. The van der Waals surface area contributed by atoms with Crippen LogP contribution in [0.2, 0.25) is 10.0 Å². The molecular formula is C25H26Cl2FN5O4. The number of hydrogen-bond donors (Lipinski definition) is 1. The molecule has 1 aliphatic heterocycles. The molecule has 4 rings (SSSR count). The Morgan fingerprint density at radius 3 is 2.57 bits per heavy atom. The second kappa shape index (κ2) is 12.9. The standard InChI is InChI=1S/C25H26Cl2FN5O4/c26-20-5-6-21(28)24(27)19(20)7-11-37-22-15-23(30-31-25(22)29)33(16-34)17-1-3-18(4-2-17)36-14-10-32-8-12-35-13-9-32/h1-6,15-16H,7-14H2,(H2,29,31). The van der Waals surface area contributed by atoms with Crippen LogP contribution >= 0.6 is 23.2 Å². The maximum absolute atomic E-state index is 13.8. The minimum Gasteiger partial charge on any atom is -0.492 e. The van der Waals surface area contributed by atoms with Gasteiger partial charge in [0.2, 0.25) is 6.41 Å². The molecule has 0 radical (unpaired) electrons. The van der Waals surface area contributed by atoms with Crippen LogP contribution in [-0.2, 0) is 16.0 Å². The van der Waals surface area contributed by atoms with Gasteiger partial charge in [0.25, 0.3) is 0 Å². The topological polar surface area (TPSA) is 103 Å². The molecule has 0 unspecified atom stereocenters. The van der Waals surface area contributed by atoms with E-state index in [1.165, 1.54) is 23.1 Å². The fourth-order valence-corrected chi connectivity index (χ4v) is 4.30. The van der Waals surface area contributed by atoms with Crippen molar-refractivity contribution in [1.82, 2.24) is 15.1 Å². The highest BCUT2D eigenvalue weighted by molar-refractivity contribution is 6.36. The number of carbonyl (C=O) groups is 1. The van der Waals surface area contributed by atoms with Crippen molar-refractivity contribution < 1.29 is 23.4 Å². The van der Waals surface area contributed by atoms with Crippen molar-refractivity contribution in [2.75, 3.05) is 56.7 Å². The number of morpholine rings is 1. The molecular weight excluding hydrogens is 524 g/mol. The predicted molar refractivity (Wildman–Crippen MR) is 139 cm³/mol. The number of hydrogen-bond acceptors (Lipinski definition) is 8. The number of carbonyl (C=O) groups excluding carboxylic acids is 1. The quantitative estimate of drug-likeness (QED) is 0.281. The van der Waals surface area contributed by atoms with Gasteiger partial charge in [-0.1, -0.05) is 23.2 Å². The smallest absolute Gasteiger partial charge is 0.219 e. The lowest BCUT2D eigenvalue weighted by Crippen LogP contribution is -2.38. The van der Waals surface area contributed by atoms with Crippen LogP contribution < -0.4 is 20.1 Å². The average Bonchev–Trinajstić information content (AvgIpc) is 2.92. The monoisotopic (exact) mass is 549 g/mol. The first-order chi connectivity index (χ1) is 18.0. The van der Waals surface area contributed by atoms with E-state index in [0.29, 0.717) is 35.0 Å². The van der Waals surface area contributed by atoms with E-state index in [4.69, 9.17) is 43.1 Å². The Balaban J connectivity index is 1.37. The Bertz CT molecular complexity index is 1210. The highest BCUT2D eigenvalue weighted by atomic mass is 35.5. The third-order valence-electron chi connectivity index (χ3n) is 5.77. The summed E-state index contributed by atoms with van der Waals surface area (Å²) in [6, 6.07) is 11.2. The van der Waals surface area contributed by atoms with E-state index in [-0.39, 0.29) is 35.4 Å². The minimum atomic E-state index is -0.566. The number of nitrogens with two attached hydrogens (primary N) is 1. The van der Waals surface area contributed by atoms with Gasteiger partial charge in [0, 0.05) is 37.1 Å². The Kier molecular flexibility index (Phi) is 9.34. The molecule has 1 aromatic heterocycles. The van der Waals surface area contributed by atoms with E-state index in [1.807, 2.05) is 0 Å². The summed E-state index contributed by atoms with van der Waals surface area (Å²) in [6.45, 7) is 4.74. The predicted octanol–water partition coefficient (Wildman–Crippen LogP) is 4.13. The number of benzene rings is 2. The molecule has 2 aromatic carbocycles. The molecule has 0 aliphatic carbocycles. The normalized spacial score (nSPS) is 13.8. The summed E-state index contributed by atoms with van der Waals surface area (Å²) in [5.41, 5.74) is 6.89. The molecule has 196 valence electrons. The van der Waals surface area contributed by atoms with Crippen LogP contribution in [0.1, 0.15) is 5.56 Å². The Morgan fingerprint density at radius 1 is 1.08 bits per heavy atom. The van der Waals surface area contributed by atoms with Crippen molar-refractivity contribution in [1.29, 1.82) is 0 Å². The SMILES string of the molecule is Nc1nnc(N(C=O)c2ccc(OCCN3CCOCC3)cc2)cc1OCCc1c(Cl)ccc(F)c1Cl. The Hall–Kier alpha value is -3.18. The number of ether oxygens (including phenoxy) is 3. The summed E-state index contributed by atoms with van der Waals surface area (Å²) < 4.78 is 30.7. The van der Waals surface area contributed by atoms with Gasteiger partial charge in [-0.05, 0) is 42.0 Å². The number of amides is 1. The van der Waals surface area contributed by atoms with Crippen molar-refractivity contribution in [2.24, 2.45) is 0 Å². The maximum atomic E-state index is 13.8. The van der Waals surface area contributed by atoms with Gasteiger partial charge in [0.15, 0.2) is 17.4 Å². The van der Waals surface area contributed by atoms with Crippen LogP contribution in [0, 0.1) is 5.82 Å². The summed E-state index contributed by atoms with van der Waals surface area (Å²) in [4.78, 5) is 15.5. The van der Waals surface area contributed by atoms with Crippen LogP contribution in [0.5, 0.6) is 11.5 Å². The van der Waals surface area contributed by atoms with Crippen LogP contribution in [0.4, 0.5) is 21.7 Å². The molecule has 1 saturated heterocycles. The number of halogens is 3. The van der Waals surface area contributed by atoms with Gasteiger partial charge < -0.3 is 19.9 Å². The van der Waals surface area contributed by atoms with Gasteiger partial charge in [-0.3, -0.25) is 14.6 Å². The number of nitrogens with zero attached hydrogens (tertiary/aromatic N) is 4. The van der Waals surface area contributed by atoms with Gasteiger partial charge in [0.05, 0.1) is 30.5 Å². The van der Waals surface area contributed by atoms with Crippen molar-refractivity contribution in [3.05, 3.63) is 63.9 Å². The molecule has 3 aromatic rings.